The van der Waals surface area contributed by atoms with E-state index in [1.807, 2.05) is 0 Å². The molecule has 1 aliphatic carbocycles. The molecule has 1 aromatic carbocycles. The second-order valence-corrected chi connectivity index (χ2v) is 5.77. The monoisotopic (exact) mass is 300 g/mol. The molecule has 0 aromatic heterocycles. The van der Waals surface area contributed by atoms with Gasteiger partial charge in [-0.05, 0) is 36.8 Å². The van der Waals surface area contributed by atoms with Gasteiger partial charge in [0.1, 0.15) is 0 Å². The fourth-order valence-corrected chi connectivity index (χ4v) is 2.80. The average Bonchev–Trinajstić information content (AvgIpc) is 2.45. The highest BCUT2D eigenvalue weighted by Gasteiger charge is 2.26. The molecular formula is C15H19F3N2O. The molecule has 1 aliphatic rings. The maximum absolute atomic E-state index is 13.8. The number of halogens is 3. The van der Waals surface area contributed by atoms with Crippen LogP contribution in [0.1, 0.15) is 32.6 Å². The van der Waals surface area contributed by atoms with Gasteiger partial charge in [-0.25, -0.2) is 18.0 Å². The number of carbonyl (C=O) groups excluding carboxylic acids is 1. The Balaban J connectivity index is 2.20. The lowest BCUT2D eigenvalue weighted by molar-refractivity contribution is 0.247. The van der Waals surface area contributed by atoms with Crippen molar-refractivity contribution in [2.45, 2.75) is 32.6 Å². The van der Waals surface area contributed by atoms with Crippen LogP contribution in [-0.4, -0.2) is 12.6 Å². The van der Waals surface area contributed by atoms with Gasteiger partial charge in [-0.2, -0.15) is 0 Å². The molecule has 1 aromatic rings. The first-order chi connectivity index (χ1) is 9.90. The molecule has 21 heavy (non-hydrogen) atoms. The Kier molecular flexibility index (Phi) is 4.75. The smallest absolute Gasteiger partial charge is 0.319 e. The summed E-state index contributed by atoms with van der Waals surface area (Å²) in [6.45, 7) is 2.39. The van der Waals surface area contributed by atoms with E-state index in [-0.39, 0.29) is 18.2 Å². The highest BCUT2D eigenvalue weighted by molar-refractivity contribution is 5.90. The van der Waals surface area contributed by atoms with E-state index in [4.69, 9.17) is 5.73 Å². The van der Waals surface area contributed by atoms with E-state index in [2.05, 4.69) is 6.92 Å². The maximum atomic E-state index is 13.8. The predicted octanol–water partition coefficient (Wildman–Crippen LogP) is 3.82. The molecule has 0 unspecified atom stereocenters. The molecule has 0 heterocycles. The summed E-state index contributed by atoms with van der Waals surface area (Å²) in [4.78, 5) is 12.6. The standard InChI is InChI=1S/C15H19F3N2O/c1-9-2-4-10(5-3-9)8-20(15(19)21)12-7-6-11(16)13(17)14(12)18/h6-7,9-10H,2-5,8H2,1H3,(H2,19,21). The Labute approximate surface area is 121 Å². The minimum atomic E-state index is -1.59. The summed E-state index contributed by atoms with van der Waals surface area (Å²) in [6.07, 6.45) is 3.90. The van der Waals surface area contributed by atoms with Crippen molar-refractivity contribution in [2.75, 3.05) is 11.4 Å². The molecule has 1 fully saturated rings. The molecule has 0 aliphatic heterocycles. The molecule has 3 nitrogen and oxygen atoms in total. The second-order valence-electron chi connectivity index (χ2n) is 5.77. The van der Waals surface area contributed by atoms with Crippen LogP contribution in [0.4, 0.5) is 23.7 Å². The zero-order chi connectivity index (χ0) is 15.6. The molecule has 0 atom stereocenters. The van der Waals surface area contributed by atoms with E-state index >= 15 is 0 Å². The van der Waals surface area contributed by atoms with Crippen molar-refractivity contribution in [3.05, 3.63) is 29.6 Å². The van der Waals surface area contributed by atoms with Gasteiger partial charge in [-0.15, -0.1) is 0 Å². The Bertz CT molecular complexity index is 528. The number of nitrogens with zero attached hydrogens (tertiary/aromatic N) is 1. The number of hydrogen-bond donors (Lipinski definition) is 1. The normalized spacial score (nSPS) is 22.1. The third-order valence-corrected chi connectivity index (χ3v) is 4.15. The number of rotatable bonds is 3. The van der Waals surface area contributed by atoms with Gasteiger partial charge in [-0.3, -0.25) is 4.90 Å². The maximum Gasteiger partial charge on any atom is 0.319 e. The highest BCUT2D eigenvalue weighted by Crippen LogP contribution is 2.31. The molecule has 116 valence electrons. The number of benzene rings is 1. The molecule has 1 saturated carbocycles. The van der Waals surface area contributed by atoms with Gasteiger partial charge in [0.15, 0.2) is 17.5 Å². The van der Waals surface area contributed by atoms with E-state index in [0.29, 0.717) is 5.92 Å². The zero-order valence-electron chi connectivity index (χ0n) is 11.9. The number of nitrogens with two attached hydrogens (primary N) is 1. The molecule has 0 spiro atoms. The van der Waals surface area contributed by atoms with E-state index in [9.17, 15) is 18.0 Å². The minimum Gasteiger partial charge on any atom is -0.351 e. The van der Waals surface area contributed by atoms with Crippen LogP contribution in [0.5, 0.6) is 0 Å². The van der Waals surface area contributed by atoms with Gasteiger partial charge >= 0.3 is 6.03 Å². The van der Waals surface area contributed by atoms with Crippen LogP contribution in [0, 0.1) is 29.3 Å². The van der Waals surface area contributed by atoms with Crippen LogP contribution in [0.2, 0.25) is 0 Å². The first kappa shape index (κ1) is 15.7. The molecule has 0 bridgehead atoms. The summed E-state index contributed by atoms with van der Waals surface area (Å²) in [6, 6.07) is 0.981. The summed E-state index contributed by atoms with van der Waals surface area (Å²) in [5.41, 5.74) is 4.97. The molecule has 2 rings (SSSR count). The highest BCUT2D eigenvalue weighted by atomic mass is 19.2. The predicted molar refractivity (Wildman–Crippen MR) is 74.4 cm³/mol. The Morgan fingerprint density at radius 1 is 1.19 bits per heavy atom. The fraction of sp³-hybridized carbons (Fsp3) is 0.533. The number of hydrogen-bond acceptors (Lipinski definition) is 1. The Hall–Kier alpha value is -1.72. The molecule has 6 heteroatoms. The van der Waals surface area contributed by atoms with Crippen molar-refractivity contribution in [2.24, 2.45) is 17.6 Å². The van der Waals surface area contributed by atoms with Crippen LogP contribution in [0.15, 0.2) is 12.1 Å². The third kappa shape index (κ3) is 3.49. The quantitative estimate of drug-likeness (QED) is 0.848. The second kappa shape index (κ2) is 6.37. The van der Waals surface area contributed by atoms with Gasteiger partial charge in [0, 0.05) is 6.54 Å². The van der Waals surface area contributed by atoms with Gasteiger partial charge < -0.3 is 5.73 Å². The van der Waals surface area contributed by atoms with Crippen molar-refractivity contribution < 1.29 is 18.0 Å². The first-order valence-electron chi connectivity index (χ1n) is 7.10. The lowest BCUT2D eigenvalue weighted by Gasteiger charge is -2.31. The van der Waals surface area contributed by atoms with Crippen molar-refractivity contribution in [1.29, 1.82) is 0 Å². The van der Waals surface area contributed by atoms with Crippen molar-refractivity contribution in [3.63, 3.8) is 0 Å². The van der Waals surface area contributed by atoms with E-state index in [1.54, 1.807) is 0 Å². The fourth-order valence-electron chi connectivity index (χ4n) is 2.80. The van der Waals surface area contributed by atoms with Crippen molar-refractivity contribution in [3.8, 4) is 0 Å². The Morgan fingerprint density at radius 2 is 1.81 bits per heavy atom. The van der Waals surface area contributed by atoms with E-state index < -0.39 is 23.5 Å². The molecule has 0 radical (unpaired) electrons. The minimum absolute atomic E-state index is 0.196. The molecule has 0 saturated heterocycles. The van der Waals surface area contributed by atoms with Crippen molar-refractivity contribution in [1.82, 2.24) is 0 Å². The lowest BCUT2D eigenvalue weighted by Crippen LogP contribution is -2.40. The largest absolute Gasteiger partial charge is 0.351 e. The van der Waals surface area contributed by atoms with Crippen LogP contribution >= 0.6 is 0 Å². The van der Waals surface area contributed by atoms with Gasteiger partial charge in [-0.1, -0.05) is 19.8 Å². The zero-order valence-corrected chi connectivity index (χ0v) is 11.9. The molecular weight excluding hydrogens is 281 g/mol. The number of amides is 2. The SMILES string of the molecule is CC1CCC(CN(C(N)=O)c2ccc(F)c(F)c2F)CC1. The number of carbonyl (C=O) groups is 1. The molecule has 2 N–H and O–H groups in total. The first-order valence-corrected chi connectivity index (χ1v) is 7.10. The number of primary amides is 1. The van der Waals surface area contributed by atoms with E-state index in [1.165, 1.54) is 0 Å². The van der Waals surface area contributed by atoms with Gasteiger partial charge in [0.2, 0.25) is 0 Å². The summed E-state index contributed by atoms with van der Waals surface area (Å²) < 4.78 is 40.1. The van der Waals surface area contributed by atoms with Crippen LogP contribution in [0.25, 0.3) is 0 Å². The number of anilines is 1. The third-order valence-electron chi connectivity index (χ3n) is 4.15. The summed E-state index contributed by atoms with van der Waals surface area (Å²) in [5.74, 6) is -3.41. The van der Waals surface area contributed by atoms with Crippen LogP contribution in [-0.2, 0) is 0 Å². The summed E-state index contributed by atoms with van der Waals surface area (Å²) in [5, 5.41) is 0. The van der Waals surface area contributed by atoms with Gasteiger partial charge in [0.25, 0.3) is 0 Å². The Morgan fingerprint density at radius 3 is 2.38 bits per heavy atom. The summed E-state index contributed by atoms with van der Waals surface area (Å²) >= 11 is 0. The van der Waals surface area contributed by atoms with Crippen LogP contribution in [0.3, 0.4) is 0 Å². The summed E-state index contributed by atoms with van der Waals surface area (Å²) in [7, 11) is 0. The van der Waals surface area contributed by atoms with Crippen LogP contribution < -0.4 is 10.6 Å². The van der Waals surface area contributed by atoms with Gasteiger partial charge in [0.05, 0.1) is 5.69 Å². The van der Waals surface area contributed by atoms with E-state index in [0.717, 1.165) is 42.7 Å². The van der Waals surface area contributed by atoms with Crippen molar-refractivity contribution >= 4 is 11.7 Å². The average molecular weight is 300 g/mol. The number of urea groups is 1. The lowest BCUT2D eigenvalue weighted by atomic mass is 9.83. The molecule has 2 amide bonds. The topological polar surface area (TPSA) is 46.3 Å².